The topological polar surface area (TPSA) is 82.8 Å². The van der Waals surface area contributed by atoms with Crippen molar-refractivity contribution in [3.8, 4) is 17.3 Å². The van der Waals surface area contributed by atoms with Crippen molar-refractivity contribution >= 4 is 29.8 Å². The number of anilines is 1. The van der Waals surface area contributed by atoms with Crippen LogP contribution in [0, 0.1) is 4.77 Å². The minimum atomic E-state index is -0.514. The smallest absolute Gasteiger partial charge is 0.264 e. The first kappa shape index (κ1) is 19.4. The number of nitrogens with one attached hydrogen (secondary N) is 1. The molecule has 0 aliphatic rings. The Morgan fingerprint density at radius 2 is 1.93 bits per heavy atom. The molecule has 3 aromatic rings. The number of nitrogens with zero attached hydrogens (tertiary/aromatic N) is 3. The Morgan fingerprint density at radius 3 is 2.57 bits per heavy atom. The van der Waals surface area contributed by atoms with Gasteiger partial charge in [0.2, 0.25) is 5.88 Å². The van der Waals surface area contributed by atoms with E-state index in [-0.39, 0.29) is 16.2 Å². The molecule has 0 saturated carbocycles. The van der Waals surface area contributed by atoms with Gasteiger partial charge in [0, 0.05) is 26.0 Å². The van der Waals surface area contributed by atoms with E-state index < -0.39 is 5.56 Å². The van der Waals surface area contributed by atoms with Gasteiger partial charge in [-0.25, -0.2) is 0 Å². The number of benzene rings is 2. The average Bonchev–Trinajstić information content (AvgIpc) is 2.68. The SMILES string of the molecule is COc1ccc(-n2c(O)c(C=Nc3cccc(N(C)C)c3)c(=O)[nH]c2=S)cc1. The molecule has 0 fully saturated rings. The van der Waals surface area contributed by atoms with E-state index >= 15 is 0 Å². The monoisotopic (exact) mass is 396 g/mol. The van der Waals surface area contributed by atoms with Crippen LogP contribution in [0.1, 0.15) is 5.56 Å². The summed E-state index contributed by atoms with van der Waals surface area (Å²) in [6, 6.07) is 14.4. The molecule has 7 nitrogen and oxygen atoms in total. The number of rotatable bonds is 5. The fourth-order valence-electron chi connectivity index (χ4n) is 2.62. The van der Waals surface area contributed by atoms with Crippen LogP contribution in [-0.2, 0) is 0 Å². The molecular weight excluding hydrogens is 376 g/mol. The van der Waals surface area contributed by atoms with Gasteiger partial charge in [-0.05, 0) is 54.7 Å². The van der Waals surface area contributed by atoms with Gasteiger partial charge in [-0.3, -0.25) is 19.3 Å². The van der Waals surface area contributed by atoms with Crippen molar-refractivity contribution in [2.75, 3.05) is 26.1 Å². The molecule has 0 amide bonds. The van der Waals surface area contributed by atoms with Gasteiger partial charge in [-0.15, -0.1) is 0 Å². The summed E-state index contributed by atoms with van der Waals surface area (Å²) in [7, 11) is 5.43. The fraction of sp³-hybridized carbons (Fsp3) is 0.150. The first-order chi connectivity index (χ1) is 13.4. The highest BCUT2D eigenvalue weighted by atomic mass is 32.1. The quantitative estimate of drug-likeness (QED) is 0.510. The number of aromatic hydroxyl groups is 1. The number of aromatic nitrogens is 2. The molecular formula is C20H20N4O3S. The summed E-state index contributed by atoms with van der Waals surface area (Å²) in [4.78, 5) is 21.2. The van der Waals surface area contributed by atoms with Crippen molar-refractivity contribution in [2.45, 2.75) is 0 Å². The van der Waals surface area contributed by atoms with Gasteiger partial charge in [0.05, 0.1) is 18.5 Å². The summed E-state index contributed by atoms with van der Waals surface area (Å²) in [5, 5.41) is 10.7. The molecule has 0 unspecified atom stereocenters. The van der Waals surface area contributed by atoms with Gasteiger partial charge in [-0.2, -0.15) is 0 Å². The molecule has 0 radical (unpaired) electrons. The van der Waals surface area contributed by atoms with Crippen LogP contribution < -0.4 is 15.2 Å². The Labute approximate surface area is 167 Å². The van der Waals surface area contributed by atoms with Gasteiger partial charge in [-0.1, -0.05) is 6.07 Å². The fourth-order valence-corrected chi connectivity index (χ4v) is 2.90. The first-order valence-electron chi connectivity index (χ1n) is 8.45. The third-order valence-corrected chi connectivity index (χ3v) is 4.42. The van der Waals surface area contributed by atoms with Crippen molar-refractivity contribution in [3.63, 3.8) is 0 Å². The van der Waals surface area contributed by atoms with E-state index in [2.05, 4.69) is 9.98 Å². The number of methoxy groups -OCH3 is 1. The summed E-state index contributed by atoms with van der Waals surface area (Å²) >= 11 is 5.22. The largest absolute Gasteiger partial charge is 0.497 e. The van der Waals surface area contributed by atoms with Crippen LogP contribution in [0.2, 0.25) is 0 Å². The lowest BCUT2D eigenvalue weighted by atomic mass is 10.2. The van der Waals surface area contributed by atoms with Gasteiger partial charge < -0.3 is 14.7 Å². The molecule has 0 atom stereocenters. The molecule has 144 valence electrons. The lowest BCUT2D eigenvalue weighted by Crippen LogP contribution is -2.18. The maximum atomic E-state index is 12.3. The maximum absolute atomic E-state index is 12.3. The molecule has 8 heteroatoms. The van der Waals surface area contributed by atoms with E-state index in [4.69, 9.17) is 17.0 Å². The minimum absolute atomic E-state index is 0.0136. The number of hydrogen-bond donors (Lipinski definition) is 2. The van der Waals surface area contributed by atoms with Crippen LogP contribution in [0.25, 0.3) is 5.69 Å². The van der Waals surface area contributed by atoms with E-state index in [9.17, 15) is 9.90 Å². The van der Waals surface area contributed by atoms with Crippen molar-refractivity contribution in [1.82, 2.24) is 9.55 Å². The molecule has 1 aromatic heterocycles. The standard InChI is InChI=1S/C20H20N4O3S/c1-23(2)15-6-4-5-13(11-15)21-12-17-18(25)22-20(28)24(19(17)26)14-7-9-16(27-3)10-8-14/h4-12,26H,1-3H3,(H,22,25,28). The molecule has 0 saturated heterocycles. The lowest BCUT2D eigenvalue weighted by molar-refractivity contribution is 0.414. The molecule has 2 N–H and O–H groups in total. The third-order valence-electron chi connectivity index (χ3n) is 4.14. The molecule has 0 spiro atoms. The number of H-pyrrole nitrogens is 1. The minimum Gasteiger partial charge on any atom is -0.497 e. The lowest BCUT2D eigenvalue weighted by Gasteiger charge is -2.12. The maximum Gasteiger partial charge on any atom is 0.264 e. The first-order valence-corrected chi connectivity index (χ1v) is 8.85. The van der Waals surface area contributed by atoms with E-state index in [1.165, 1.54) is 10.8 Å². The molecule has 1 heterocycles. The summed E-state index contributed by atoms with van der Waals surface area (Å²) in [5.41, 5.74) is 1.72. The molecule has 0 bridgehead atoms. The van der Waals surface area contributed by atoms with Crippen molar-refractivity contribution < 1.29 is 9.84 Å². The van der Waals surface area contributed by atoms with Gasteiger partial charge in [0.1, 0.15) is 11.3 Å². The van der Waals surface area contributed by atoms with Crippen LogP contribution in [0.15, 0.2) is 58.3 Å². The zero-order valence-corrected chi connectivity index (χ0v) is 16.5. The Kier molecular flexibility index (Phi) is 5.60. The highest BCUT2D eigenvalue weighted by Crippen LogP contribution is 2.23. The zero-order valence-electron chi connectivity index (χ0n) is 15.7. The molecule has 28 heavy (non-hydrogen) atoms. The number of aromatic amines is 1. The Bertz CT molecular complexity index is 1130. The Balaban J connectivity index is 2.05. The highest BCUT2D eigenvalue weighted by Gasteiger charge is 2.12. The number of hydrogen-bond acceptors (Lipinski definition) is 6. The van der Waals surface area contributed by atoms with E-state index in [1.807, 2.05) is 43.3 Å². The van der Waals surface area contributed by atoms with Crippen LogP contribution in [0.4, 0.5) is 11.4 Å². The van der Waals surface area contributed by atoms with Gasteiger partial charge >= 0.3 is 0 Å². The van der Waals surface area contributed by atoms with Gasteiger partial charge in [0.25, 0.3) is 5.56 Å². The second-order valence-electron chi connectivity index (χ2n) is 6.20. The predicted molar refractivity (Wildman–Crippen MR) is 113 cm³/mol. The van der Waals surface area contributed by atoms with Crippen molar-refractivity contribution in [3.05, 3.63) is 69.2 Å². The van der Waals surface area contributed by atoms with Crippen LogP contribution in [0.3, 0.4) is 0 Å². The number of aliphatic imine (C=N–C) groups is 1. The zero-order chi connectivity index (χ0) is 20.3. The Morgan fingerprint density at radius 1 is 1.21 bits per heavy atom. The number of ether oxygens (including phenoxy) is 1. The summed E-state index contributed by atoms with van der Waals surface area (Å²) in [5.74, 6) is 0.383. The van der Waals surface area contributed by atoms with Gasteiger partial charge in [0.15, 0.2) is 4.77 Å². The van der Waals surface area contributed by atoms with Crippen LogP contribution >= 0.6 is 12.2 Å². The van der Waals surface area contributed by atoms with Crippen LogP contribution in [-0.4, -0.2) is 42.1 Å². The van der Waals surface area contributed by atoms with Crippen molar-refractivity contribution in [1.29, 1.82) is 0 Å². The molecule has 3 rings (SSSR count). The van der Waals surface area contributed by atoms with E-state index in [1.54, 1.807) is 31.4 Å². The summed E-state index contributed by atoms with van der Waals surface area (Å²) in [6.07, 6.45) is 1.33. The summed E-state index contributed by atoms with van der Waals surface area (Å²) < 4.78 is 6.59. The predicted octanol–water partition coefficient (Wildman–Crippen LogP) is 3.43. The van der Waals surface area contributed by atoms with Crippen LogP contribution in [0.5, 0.6) is 11.6 Å². The second kappa shape index (κ2) is 8.10. The van der Waals surface area contributed by atoms with Crippen molar-refractivity contribution in [2.24, 2.45) is 4.99 Å². The highest BCUT2D eigenvalue weighted by molar-refractivity contribution is 7.71. The second-order valence-corrected chi connectivity index (χ2v) is 6.59. The average molecular weight is 396 g/mol. The normalized spacial score (nSPS) is 11.0. The third kappa shape index (κ3) is 3.96. The van der Waals surface area contributed by atoms with E-state index in [0.717, 1.165) is 5.69 Å². The Hall–Kier alpha value is -3.39. The molecule has 2 aromatic carbocycles. The molecule has 0 aliphatic carbocycles. The van der Waals surface area contributed by atoms with E-state index in [0.29, 0.717) is 17.1 Å². The molecule has 0 aliphatic heterocycles. The summed E-state index contributed by atoms with van der Waals surface area (Å²) in [6.45, 7) is 0.